The molecule has 0 radical (unpaired) electrons. The SMILES string of the molecule is COCCOC(=O)C1=C(C)NC2=C(C(=O)[C@H](C(=O)OC)[C@H](C)C2)[C@H]1c1cccc(OC)c1OC. The lowest BCUT2D eigenvalue weighted by Gasteiger charge is -2.38. The number of esters is 2. The number of dihydropyridines is 1. The first-order valence-corrected chi connectivity index (χ1v) is 11.0. The quantitative estimate of drug-likeness (QED) is 0.346. The Morgan fingerprint density at radius 2 is 1.82 bits per heavy atom. The van der Waals surface area contributed by atoms with Gasteiger partial charge in [0.25, 0.3) is 0 Å². The first kappa shape index (κ1) is 25.3. The summed E-state index contributed by atoms with van der Waals surface area (Å²) in [5.74, 6) is -2.83. The maximum absolute atomic E-state index is 13.8. The molecule has 0 saturated heterocycles. The van der Waals surface area contributed by atoms with Gasteiger partial charge in [-0.15, -0.1) is 0 Å². The van der Waals surface area contributed by atoms with Crippen molar-refractivity contribution in [1.82, 2.24) is 5.32 Å². The van der Waals surface area contributed by atoms with Crippen molar-refractivity contribution in [1.29, 1.82) is 0 Å². The highest BCUT2D eigenvalue weighted by atomic mass is 16.6. The van der Waals surface area contributed by atoms with E-state index in [1.54, 1.807) is 25.1 Å². The fourth-order valence-corrected chi connectivity index (χ4v) is 4.70. The van der Waals surface area contributed by atoms with Crippen molar-refractivity contribution in [2.75, 3.05) is 41.7 Å². The zero-order valence-electron chi connectivity index (χ0n) is 20.4. The average molecular weight is 474 g/mol. The molecule has 3 rings (SSSR count). The number of hydrogen-bond acceptors (Lipinski definition) is 9. The number of Topliss-reactive ketones (excluding diaryl/α,β-unsaturated/α-hetero) is 1. The molecule has 9 nitrogen and oxygen atoms in total. The normalized spacial score (nSPS) is 22.1. The fraction of sp³-hybridized carbons (Fsp3) is 0.480. The summed E-state index contributed by atoms with van der Waals surface area (Å²) in [5, 5.41) is 3.23. The average Bonchev–Trinajstić information content (AvgIpc) is 2.82. The minimum absolute atomic E-state index is 0.0513. The Labute approximate surface area is 199 Å². The van der Waals surface area contributed by atoms with Gasteiger partial charge in [-0.25, -0.2) is 4.79 Å². The Morgan fingerprint density at radius 3 is 2.44 bits per heavy atom. The van der Waals surface area contributed by atoms with Crippen LogP contribution in [0.25, 0.3) is 0 Å². The number of benzene rings is 1. The summed E-state index contributed by atoms with van der Waals surface area (Å²) in [6, 6.07) is 5.26. The first-order valence-electron chi connectivity index (χ1n) is 11.0. The zero-order valence-corrected chi connectivity index (χ0v) is 20.4. The van der Waals surface area contributed by atoms with Crippen LogP contribution in [0.3, 0.4) is 0 Å². The molecule has 0 saturated carbocycles. The lowest BCUT2D eigenvalue weighted by molar-refractivity contribution is -0.151. The standard InChI is InChI=1S/C25H31NO8/c1-13-12-16-21(22(27)18(13)24(28)33-6)20(15-8-7-9-17(31-4)23(15)32-5)19(14(2)26-16)25(29)34-11-10-30-3/h7-9,13,18,20,26H,10-12H2,1-6H3/t13-,18-,20+/m1/s1. The molecule has 1 aromatic carbocycles. The van der Waals surface area contributed by atoms with Crippen LogP contribution in [-0.4, -0.2) is 59.4 Å². The maximum Gasteiger partial charge on any atom is 0.336 e. The second kappa shape index (κ2) is 10.7. The van der Waals surface area contributed by atoms with Gasteiger partial charge in [0.15, 0.2) is 17.3 Å². The molecule has 0 unspecified atom stereocenters. The van der Waals surface area contributed by atoms with Crippen LogP contribution >= 0.6 is 0 Å². The molecule has 0 bridgehead atoms. The summed E-state index contributed by atoms with van der Waals surface area (Å²) in [6.45, 7) is 3.88. The molecule has 2 aliphatic rings. The monoisotopic (exact) mass is 473 g/mol. The molecule has 9 heteroatoms. The van der Waals surface area contributed by atoms with Gasteiger partial charge in [0.05, 0.1) is 39.4 Å². The Morgan fingerprint density at radius 1 is 1.09 bits per heavy atom. The van der Waals surface area contributed by atoms with Crippen molar-refractivity contribution < 1.29 is 38.1 Å². The van der Waals surface area contributed by atoms with Crippen molar-refractivity contribution in [2.24, 2.45) is 11.8 Å². The fourth-order valence-electron chi connectivity index (χ4n) is 4.70. The van der Waals surface area contributed by atoms with Crippen molar-refractivity contribution in [3.63, 3.8) is 0 Å². The van der Waals surface area contributed by atoms with Crippen LogP contribution in [-0.2, 0) is 28.6 Å². The Hall–Kier alpha value is -3.33. The van der Waals surface area contributed by atoms with Gasteiger partial charge in [-0.3, -0.25) is 9.59 Å². The van der Waals surface area contributed by atoms with E-state index in [4.69, 9.17) is 23.7 Å². The number of carbonyl (C=O) groups is 3. The van der Waals surface area contributed by atoms with E-state index in [2.05, 4.69) is 5.32 Å². The zero-order chi connectivity index (χ0) is 25.0. The lowest BCUT2D eigenvalue weighted by Crippen LogP contribution is -2.43. The summed E-state index contributed by atoms with van der Waals surface area (Å²) in [7, 11) is 5.77. The molecule has 1 N–H and O–H groups in total. The minimum Gasteiger partial charge on any atom is -0.493 e. The molecule has 1 aliphatic carbocycles. The molecule has 3 atom stereocenters. The van der Waals surface area contributed by atoms with Gasteiger partial charge >= 0.3 is 11.9 Å². The van der Waals surface area contributed by atoms with Crippen molar-refractivity contribution in [3.05, 3.63) is 46.3 Å². The predicted octanol–water partition coefficient (Wildman–Crippen LogP) is 2.51. The maximum atomic E-state index is 13.8. The van der Waals surface area contributed by atoms with Crippen LogP contribution in [0, 0.1) is 11.8 Å². The molecule has 184 valence electrons. The van der Waals surface area contributed by atoms with Crippen LogP contribution in [0.15, 0.2) is 40.7 Å². The highest BCUT2D eigenvalue weighted by Gasteiger charge is 2.48. The third-order valence-corrected chi connectivity index (χ3v) is 6.23. The topological polar surface area (TPSA) is 109 Å². The number of allylic oxidation sites excluding steroid dienone is 3. The van der Waals surface area contributed by atoms with Gasteiger partial charge in [-0.2, -0.15) is 0 Å². The van der Waals surface area contributed by atoms with Gasteiger partial charge in [0.2, 0.25) is 0 Å². The summed E-state index contributed by atoms with van der Waals surface area (Å²) in [4.78, 5) is 39.6. The van der Waals surface area contributed by atoms with E-state index in [9.17, 15) is 14.4 Å². The van der Waals surface area contributed by atoms with Crippen molar-refractivity contribution in [3.8, 4) is 11.5 Å². The van der Waals surface area contributed by atoms with Crippen LogP contribution in [0.1, 0.15) is 31.7 Å². The van der Waals surface area contributed by atoms with E-state index in [0.29, 0.717) is 40.5 Å². The molecular weight excluding hydrogens is 442 g/mol. The third-order valence-electron chi connectivity index (χ3n) is 6.23. The van der Waals surface area contributed by atoms with E-state index in [1.165, 1.54) is 28.4 Å². The Kier molecular flexibility index (Phi) is 7.98. The van der Waals surface area contributed by atoms with E-state index in [1.807, 2.05) is 6.92 Å². The van der Waals surface area contributed by atoms with Gasteiger partial charge < -0.3 is 29.0 Å². The molecule has 1 aliphatic heterocycles. The second-order valence-electron chi connectivity index (χ2n) is 8.25. The molecule has 34 heavy (non-hydrogen) atoms. The van der Waals surface area contributed by atoms with Crippen LogP contribution in [0.4, 0.5) is 0 Å². The van der Waals surface area contributed by atoms with Gasteiger partial charge in [0, 0.05) is 29.6 Å². The highest BCUT2D eigenvalue weighted by molar-refractivity contribution is 6.12. The van der Waals surface area contributed by atoms with E-state index in [-0.39, 0.29) is 24.7 Å². The van der Waals surface area contributed by atoms with Crippen LogP contribution in [0.2, 0.25) is 0 Å². The highest BCUT2D eigenvalue weighted by Crippen LogP contribution is 2.49. The summed E-state index contributed by atoms with van der Waals surface area (Å²) in [6.07, 6.45) is 0.437. The molecule has 1 heterocycles. The minimum atomic E-state index is -0.978. The largest absolute Gasteiger partial charge is 0.493 e. The van der Waals surface area contributed by atoms with Crippen molar-refractivity contribution in [2.45, 2.75) is 26.2 Å². The third kappa shape index (κ3) is 4.52. The van der Waals surface area contributed by atoms with Crippen LogP contribution in [0.5, 0.6) is 11.5 Å². The number of rotatable bonds is 8. The number of hydrogen-bond donors (Lipinski definition) is 1. The van der Waals surface area contributed by atoms with E-state index < -0.39 is 29.6 Å². The van der Waals surface area contributed by atoms with Gasteiger partial charge in [0.1, 0.15) is 12.5 Å². The van der Waals surface area contributed by atoms with Crippen molar-refractivity contribution >= 4 is 17.7 Å². The number of nitrogens with one attached hydrogen (secondary N) is 1. The summed E-state index contributed by atoms with van der Waals surface area (Å²) >= 11 is 0. The summed E-state index contributed by atoms with van der Waals surface area (Å²) < 4.78 is 26.5. The number of ketones is 1. The number of methoxy groups -OCH3 is 4. The summed E-state index contributed by atoms with van der Waals surface area (Å²) in [5.41, 5.74) is 2.36. The second-order valence-corrected chi connectivity index (χ2v) is 8.25. The van der Waals surface area contributed by atoms with E-state index >= 15 is 0 Å². The number of ether oxygens (including phenoxy) is 5. The molecule has 0 aromatic heterocycles. The smallest absolute Gasteiger partial charge is 0.336 e. The molecule has 0 amide bonds. The molecule has 0 fully saturated rings. The van der Waals surface area contributed by atoms with Gasteiger partial charge in [-0.1, -0.05) is 19.1 Å². The van der Waals surface area contributed by atoms with E-state index in [0.717, 1.165) is 0 Å². The molecule has 0 spiro atoms. The lowest BCUT2D eigenvalue weighted by atomic mass is 9.69. The first-order chi connectivity index (χ1) is 16.3. The van der Waals surface area contributed by atoms with Gasteiger partial charge in [-0.05, 0) is 25.3 Å². The van der Waals surface area contributed by atoms with Crippen LogP contribution < -0.4 is 14.8 Å². The Balaban J connectivity index is 2.22. The predicted molar refractivity (Wildman–Crippen MR) is 122 cm³/mol. The molecular formula is C25H31NO8. The Bertz CT molecular complexity index is 1040. The number of para-hydroxylation sites is 1. The molecule has 1 aromatic rings. The number of carbonyl (C=O) groups excluding carboxylic acids is 3.